The van der Waals surface area contributed by atoms with Gasteiger partial charge in [0, 0.05) is 26.2 Å². The first kappa shape index (κ1) is 10.9. The molecule has 4 nitrogen and oxygen atoms in total. The lowest BCUT2D eigenvalue weighted by molar-refractivity contribution is -0.135. The fourth-order valence-electron chi connectivity index (χ4n) is 2.28. The molecule has 1 amide bonds. The molecule has 86 valence electrons. The number of amides is 1. The van der Waals surface area contributed by atoms with Crippen molar-refractivity contribution < 1.29 is 9.53 Å². The molecule has 0 bridgehead atoms. The maximum absolute atomic E-state index is 11.8. The Hall–Kier alpha value is -0.610. The third-order valence-electron chi connectivity index (χ3n) is 3.26. The van der Waals surface area contributed by atoms with Gasteiger partial charge in [0.15, 0.2) is 0 Å². The van der Waals surface area contributed by atoms with Crippen LogP contribution in [0.4, 0.5) is 0 Å². The SMILES string of the molecule is CC1NCCN(CCC2CCCO2)C1=O. The smallest absolute Gasteiger partial charge is 0.239 e. The van der Waals surface area contributed by atoms with Gasteiger partial charge in [0.1, 0.15) is 0 Å². The molecule has 0 aromatic heterocycles. The normalized spacial score (nSPS) is 32.3. The summed E-state index contributed by atoms with van der Waals surface area (Å²) in [5.41, 5.74) is 0. The van der Waals surface area contributed by atoms with Crippen LogP contribution in [0.15, 0.2) is 0 Å². The minimum atomic E-state index is -0.0109. The van der Waals surface area contributed by atoms with Crippen LogP contribution in [-0.2, 0) is 9.53 Å². The summed E-state index contributed by atoms with van der Waals surface area (Å²) >= 11 is 0. The monoisotopic (exact) mass is 212 g/mol. The molecule has 2 heterocycles. The van der Waals surface area contributed by atoms with Crippen LogP contribution in [0.2, 0.25) is 0 Å². The van der Waals surface area contributed by atoms with E-state index in [1.807, 2.05) is 11.8 Å². The van der Waals surface area contributed by atoms with Gasteiger partial charge in [-0.3, -0.25) is 4.79 Å². The highest BCUT2D eigenvalue weighted by molar-refractivity contribution is 5.82. The van der Waals surface area contributed by atoms with E-state index in [4.69, 9.17) is 4.74 Å². The quantitative estimate of drug-likeness (QED) is 0.735. The summed E-state index contributed by atoms with van der Waals surface area (Å²) in [4.78, 5) is 13.7. The Morgan fingerprint density at radius 3 is 3.20 bits per heavy atom. The molecule has 4 heteroatoms. The topological polar surface area (TPSA) is 41.6 Å². The average Bonchev–Trinajstić information content (AvgIpc) is 2.73. The number of nitrogens with one attached hydrogen (secondary N) is 1. The zero-order chi connectivity index (χ0) is 10.7. The van der Waals surface area contributed by atoms with Crippen LogP contribution in [0.3, 0.4) is 0 Å². The van der Waals surface area contributed by atoms with E-state index < -0.39 is 0 Å². The predicted molar refractivity (Wildman–Crippen MR) is 57.6 cm³/mol. The van der Waals surface area contributed by atoms with Crippen LogP contribution in [0.1, 0.15) is 26.2 Å². The molecule has 0 saturated carbocycles. The molecule has 1 N–H and O–H groups in total. The number of nitrogens with zero attached hydrogens (tertiary/aromatic N) is 1. The first-order valence-corrected chi connectivity index (χ1v) is 5.91. The number of piperazine rings is 1. The lowest BCUT2D eigenvalue weighted by atomic mass is 10.1. The summed E-state index contributed by atoms with van der Waals surface area (Å²) in [6.45, 7) is 5.45. The van der Waals surface area contributed by atoms with E-state index in [-0.39, 0.29) is 11.9 Å². The Morgan fingerprint density at radius 1 is 1.60 bits per heavy atom. The largest absolute Gasteiger partial charge is 0.378 e. The minimum absolute atomic E-state index is 0.0109. The maximum atomic E-state index is 11.8. The molecule has 0 aromatic rings. The van der Waals surface area contributed by atoms with Crippen molar-refractivity contribution in [2.75, 3.05) is 26.2 Å². The standard InChI is InChI=1S/C11H20N2O2/c1-9-11(14)13(7-5-12-9)6-4-10-3-2-8-15-10/h9-10,12H,2-8H2,1H3. The van der Waals surface area contributed by atoms with Crippen LogP contribution < -0.4 is 5.32 Å². The third kappa shape index (κ3) is 2.69. The first-order chi connectivity index (χ1) is 7.27. The Balaban J connectivity index is 1.75. The second kappa shape index (κ2) is 4.94. The van der Waals surface area contributed by atoms with Crippen molar-refractivity contribution in [3.63, 3.8) is 0 Å². The highest BCUT2D eigenvalue weighted by atomic mass is 16.5. The molecular formula is C11H20N2O2. The Kier molecular flexibility index (Phi) is 3.59. The lowest BCUT2D eigenvalue weighted by Gasteiger charge is -2.32. The zero-order valence-electron chi connectivity index (χ0n) is 9.37. The molecule has 0 aromatic carbocycles. The lowest BCUT2D eigenvalue weighted by Crippen LogP contribution is -2.54. The van der Waals surface area contributed by atoms with Gasteiger partial charge in [-0.2, -0.15) is 0 Å². The van der Waals surface area contributed by atoms with Crippen molar-refractivity contribution >= 4 is 5.91 Å². The number of carbonyl (C=O) groups excluding carboxylic acids is 1. The van der Waals surface area contributed by atoms with Crippen LogP contribution in [0, 0.1) is 0 Å². The molecule has 2 saturated heterocycles. The number of hydrogen-bond donors (Lipinski definition) is 1. The summed E-state index contributed by atoms with van der Waals surface area (Å²) in [7, 11) is 0. The van der Waals surface area contributed by atoms with Gasteiger partial charge in [0.05, 0.1) is 12.1 Å². The minimum Gasteiger partial charge on any atom is -0.378 e. The van der Waals surface area contributed by atoms with E-state index in [1.54, 1.807) is 0 Å². The Morgan fingerprint density at radius 2 is 2.47 bits per heavy atom. The van der Waals surface area contributed by atoms with Crippen LogP contribution >= 0.6 is 0 Å². The fourth-order valence-corrected chi connectivity index (χ4v) is 2.28. The third-order valence-corrected chi connectivity index (χ3v) is 3.26. The van der Waals surface area contributed by atoms with Gasteiger partial charge in [0.25, 0.3) is 0 Å². The number of hydrogen-bond acceptors (Lipinski definition) is 3. The maximum Gasteiger partial charge on any atom is 0.239 e. The fraction of sp³-hybridized carbons (Fsp3) is 0.909. The van der Waals surface area contributed by atoms with Crippen molar-refractivity contribution in [3.05, 3.63) is 0 Å². The average molecular weight is 212 g/mol. The molecule has 0 radical (unpaired) electrons. The van der Waals surface area contributed by atoms with Crippen molar-refractivity contribution in [2.45, 2.75) is 38.3 Å². The van der Waals surface area contributed by atoms with Crippen molar-refractivity contribution in [3.8, 4) is 0 Å². The molecule has 15 heavy (non-hydrogen) atoms. The second-order valence-corrected chi connectivity index (χ2v) is 4.42. The summed E-state index contributed by atoms with van der Waals surface area (Å²) in [6, 6.07) is -0.0109. The molecule has 0 spiro atoms. The van der Waals surface area contributed by atoms with Gasteiger partial charge in [0.2, 0.25) is 5.91 Å². The summed E-state index contributed by atoms with van der Waals surface area (Å²) < 4.78 is 5.55. The van der Waals surface area contributed by atoms with E-state index in [0.29, 0.717) is 6.10 Å². The highest BCUT2D eigenvalue weighted by Gasteiger charge is 2.25. The number of carbonyl (C=O) groups is 1. The number of ether oxygens (including phenoxy) is 1. The molecule has 2 atom stereocenters. The molecule has 2 aliphatic heterocycles. The van der Waals surface area contributed by atoms with Crippen LogP contribution in [-0.4, -0.2) is 49.2 Å². The predicted octanol–water partition coefficient (Wildman–Crippen LogP) is 0.376. The molecular weight excluding hydrogens is 192 g/mol. The van der Waals surface area contributed by atoms with E-state index in [2.05, 4.69) is 5.32 Å². The summed E-state index contributed by atoms with van der Waals surface area (Å²) in [6.07, 6.45) is 3.73. The van der Waals surface area contributed by atoms with E-state index >= 15 is 0 Å². The zero-order valence-corrected chi connectivity index (χ0v) is 9.37. The van der Waals surface area contributed by atoms with Gasteiger partial charge >= 0.3 is 0 Å². The van der Waals surface area contributed by atoms with E-state index in [1.165, 1.54) is 6.42 Å². The molecule has 2 aliphatic rings. The van der Waals surface area contributed by atoms with Gasteiger partial charge in [-0.15, -0.1) is 0 Å². The number of rotatable bonds is 3. The highest BCUT2D eigenvalue weighted by Crippen LogP contribution is 2.16. The molecule has 2 rings (SSSR count). The Bertz CT molecular complexity index is 227. The summed E-state index contributed by atoms with van der Waals surface area (Å²) in [5.74, 6) is 0.235. The van der Waals surface area contributed by atoms with Crippen LogP contribution in [0.25, 0.3) is 0 Å². The van der Waals surface area contributed by atoms with Gasteiger partial charge in [-0.05, 0) is 26.2 Å². The van der Waals surface area contributed by atoms with E-state index in [0.717, 1.165) is 39.1 Å². The van der Waals surface area contributed by atoms with Gasteiger partial charge in [-0.1, -0.05) is 0 Å². The van der Waals surface area contributed by atoms with E-state index in [9.17, 15) is 4.79 Å². The molecule has 0 aliphatic carbocycles. The van der Waals surface area contributed by atoms with Crippen molar-refractivity contribution in [1.82, 2.24) is 10.2 Å². The van der Waals surface area contributed by atoms with Gasteiger partial charge < -0.3 is 15.0 Å². The van der Waals surface area contributed by atoms with Gasteiger partial charge in [-0.25, -0.2) is 0 Å². The first-order valence-electron chi connectivity index (χ1n) is 5.91. The van der Waals surface area contributed by atoms with Crippen molar-refractivity contribution in [2.24, 2.45) is 0 Å². The van der Waals surface area contributed by atoms with Crippen LogP contribution in [0.5, 0.6) is 0 Å². The molecule has 2 fully saturated rings. The van der Waals surface area contributed by atoms with Crippen molar-refractivity contribution in [1.29, 1.82) is 0 Å². The summed E-state index contributed by atoms with van der Waals surface area (Å²) in [5, 5.41) is 3.17. The second-order valence-electron chi connectivity index (χ2n) is 4.42. The molecule has 2 unspecified atom stereocenters. The Labute approximate surface area is 91.0 Å².